The molecular weight excluding hydrogens is 302 g/mol. The first kappa shape index (κ1) is 12.1. The highest BCUT2D eigenvalue weighted by Crippen LogP contribution is 2.33. The van der Waals surface area contributed by atoms with E-state index in [0.29, 0.717) is 0 Å². The zero-order valence-corrected chi connectivity index (χ0v) is 12.2. The maximum Gasteiger partial charge on any atom is 0.124 e. The van der Waals surface area contributed by atoms with E-state index >= 15 is 0 Å². The highest BCUT2D eigenvalue weighted by atomic mass is 79.9. The summed E-state index contributed by atoms with van der Waals surface area (Å²) in [4.78, 5) is 5.95. The van der Waals surface area contributed by atoms with Crippen molar-refractivity contribution in [3.05, 3.63) is 39.3 Å². The maximum absolute atomic E-state index is 4.61. The molecule has 16 heavy (non-hydrogen) atoms. The fourth-order valence-electron chi connectivity index (χ4n) is 1.51. The van der Waals surface area contributed by atoms with E-state index in [-0.39, 0.29) is 0 Å². The molecule has 0 aliphatic rings. The van der Waals surface area contributed by atoms with E-state index in [1.54, 1.807) is 11.3 Å². The first-order valence-corrected chi connectivity index (χ1v) is 7.28. The fraction of sp³-hybridized carbons (Fsp3) is 0.250. The van der Waals surface area contributed by atoms with Gasteiger partial charge >= 0.3 is 0 Å². The van der Waals surface area contributed by atoms with E-state index < -0.39 is 0 Å². The van der Waals surface area contributed by atoms with Crippen LogP contribution in [0.15, 0.2) is 28.7 Å². The van der Waals surface area contributed by atoms with Gasteiger partial charge in [-0.05, 0) is 25.2 Å². The third-order valence-corrected chi connectivity index (χ3v) is 4.50. The highest BCUT2D eigenvalue weighted by molar-refractivity contribution is 9.10. The molecule has 0 N–H and O–H groups in total. The van der Waals surface area contributed by atoms with Gasteiger partial charge in [-0.15, -0.1) is 11.3 Å². The van der Waals surface area contributed by atoms with Crippen molar-refractivity contribution in [3.8, 4) is 10.6 Å². The Morgan fingerprint density at radius 1 is 1.38 bits per heavy atom. The van der Waals surface area contributed by atoms with Crippen LogP contribution in [0.2, 0.25) is 0 Å². The van der Waals surface area contributed by atoms with E-state index in [0.717, 1.165) is 27.3 Å². The van der Waals surface area contributed by atoms with Gasteiger partial charge < -0.3 is 0 Å². The van der Waals surface area contributed by atoms with Crippen molar-refractivity contribution in [1.29, 1.82) is 0 Å². The second-order valence-electron chi connectivity index (χ2n) is 3.48. The van der Waals surface area contributed by atoms with Gasteiger partial charge in [0.2, 0.25) is 0 Å². The standard InChI is InChI=1S/C12H12BrNS2/c1-8-11(6-7-15)16-12(14-8)9-4-2-3-5-10(9)13/h2-5,15H,6-7H2,1H3. The number of thiol groups is 1. The number of thiazole rings is 1. The summed E-state index contributed by atoms with van der Waals surface area (Å²) in [6.45, 7) is 2.07. The van der Waals surface area contributed by atoms with Gasteiger partial charge in [0.1, 0.15) is 5.01 Å². The van der Waals surface area contributed by atoms with Crippen molar-refractivity contribution in [2.24, 2.45) is 0 Å². The monoisotopic (exact) mass is 313 g/mol. The van der Waals surface area contributed by atoms with Crippen molar-refractivity contribution in [2.75, 3.05) is 5.75 Å². The lowest BCUT2D eigenvalue weighted by molar-refractivity contribution is 1.13. The molecule has 0 saturated heterocycles. The molecule has 1 aromatic carbocycles. The third-order valence-electron chi connectivity index (χ3n) is 2.34. The Labute approximate surface area is 113 Å². The van der Waals surface area contributed by atoms with Gasteiger partial charge in [0.05, 0.1) is 5.69 Å². The molecule has 84 valence electrons. The second-order valence-corrected chi connectivity index (χ2v) is 5.87. The van der Waals surface area contributed by atoms with Crippen LogP contribution in [0.25, 0.3) is 10.6 Å². The molecule has 0 fully saturated rings. The van der Waals surface area contributed by atoms with E-state index in [1.807, 2.05) is 18.2 Å². The molecule has 0 amide bonds. The number of halogens is 1. The minimum atomic E-state index is 0.873. The summed E-state index contributed by atoms with van der Waals surface area (Å²) in [6.07, 6.45) is 0.997. The molecule has 0 bridgehead atoms. The molecule has 1 heterocycles. The summed E-state index contributed by atoms with van der Waals surface area (Å²) in [5.41, 5.74) is 2.30. The Kier molecular flexibility index (Phi) is 4.05. The van der Waals surface area contributed by atoms with E-state index in [9.17, 15) is 0 Å². The first-order chi connectivity index (χ1) is 7.72. The molecule has 0 spiro atoms. The summed E-state index contributed by atoms with van der Waals surface area (Å²) in [5, 5.41) is 1.08. The smallest absolute Gasteiger partial charge is 0.124 e. The Bertz CT molecular complexity index is 494. The van der Waals surface area contributed by atoms with Crippen molar-refractivity contribution in [1.82, 2.24) is 4.98 Å². The molecule has 0 radical (unpaired) electrons. The SMILES string of the molecule is Cc1nc(-c2ccccc2Br)sc1CCS. The minimum absolute atomic E-state index is 0.873. The Morgan fingerprint density at radius 3 is 2.81 bits per heavy atom. The predicted molar refractivity (Wildman–Crippen MR) is 77.5 cm³/mol. The second kappa shape index (κ2) is 5.34. The molecule has 0 atom stereocenters. The van der Waals surface area contributed by atoms with Gasteiger partial charge in [0.15, 0.2) is 0 Å². The molecule has 1 aromatic heterocycles. The van der Waals surface area contributed by atoms with Crippen molar-refractivity contribution in [2.45, 2.75) is 13.3 Å². The number of hydrogen-bond acceptors (Lipinski definition) is 3. The number of nitrogens with zero attached hydrogens (tertiary/aromatic N) is 1. The fourth-order valence-corrected chi connectivity index (χ4v) is 3.59. The van der Waals surface area contributed by atoms with Crippen LogP contribution < -0.4 is 0 Å². The third kappa shape index (κ3) is 2.50. The molecule has 0 aliphatic carbocycles. The number of aromatic nitrogens is 1. The van der Waals surface area contributed by atoms with Gasteiger partial charge in [-0.25, -0.2) is 4.98 Å². The van der Waals surface area contributed by atoms with Crippen LogP contribution in [0.1, 0.15) is 10.6 Å². The van der Waals surface area contributed by atoms with Crippen LogP contribution in [-0.4, -0.2) is 10.7 Å². The predicted octanol–water partition coefficient (Wildman–Crippen LogP) is 4.35. The maximum atomic E-state index is 4.61. The lowest BCUT2D eigenvalue weighted by atomic mass is 10.2. The van der Waals surface area contributed by atoms with Crippen molar-refractivity contribution < 1.29 is 0 Å². The molecule has 0 unspecified atom stereocenters. The van der Waals surface area contributed by atoms with Crippen LogP contribution in [0, 0.1) is 6.92 Å². The summed E-state index contributed by atoms with van der Waals surface area (Å²) >= 11 is 9.58. The molecule has 0 saturated carbocycles. The zero-order valence-electron chi connectivity index (χ0n) is 8.90. The molecular formula is C12H12BrNS2. The Balaban J connectivity index is 2.42. The van der Waals surface area contributed by atoms with Crippen LogP contribution in [0.4, 0.5) is 0 Å². The average Bonchev–Trinajstić information content (AvgIpc) is 2.61. The summed E-state index contributed by atoms with van der Waals surface area (Å²) in [7, 11) is 0. The minimum Gasteiger partial charge on any atom is -0.241 e. The topological polar surface area (TPSA) is 12.9 Å². The van der Waals surface area contributed by atoms with Gasteiger partial charge in [-0.3, -0.25) is 0 Å². The highest BCUT2D eigenvalue weighted by Gasteiger charge is 2.10. The molecule has 0 aliphatic heterocycles. The largest absolute Gasteiger partial charge is 0.241 e. The molecule has 2 aromatic rings. The number of aryl methyl sites for hydroxylation is 2. The summed E-state index contributed by atoms with van der Waals surface area (Å²) in [6, 6.07) is 8.19. The van der Waals surface area contributed by atoms with E-state index in [1.165, 1.54) is 10.4 Å². The molecule has 1 nitrogen and oxygen atoms in total. The van der Waals surface area contributed by atoms with Crippen LogP contribution in [0.3, 0.4) is 0 Å². The normalized spacial score (nSPS) is 10.7. The quantitative estimate of drug-likeness (QED) is 0.831. The average molecular weight is 314 g/mol. The lowest BCUT2D eigenvalue weighted by Gasteiger charge is -1.98. The van der Waals surface area contributed by atoms with Gasteiger partial charge in [-0.2, -0.15) is 12.6 Å². The van der Waals surface area contributed by atoms with E-state index in [4.69, 9.17) is 0 Å². The van der Waals surface area contributed by atoms with Crippen molar-refractivity contribution in [3.63, 3.8) is 0 Å². The van der Waals surface area contributed by atoms with Crippen molar-refractivity contribution >= 4 is 39.9 Å². The van der Waals surface area contributed by atoms with Crippen LogP contribution in [0.5, 0.6) is 0 Å². The van der Waals surface area contributed by atoms with Crippen LogP contribution >= 0.6 is 39.9 Å². The number of benzene rings is 1. The molecule has 2 rings (SSSR count). The summed E-state index contributed by atoms with van der Waals surface area (Å²) < 4.78 is 1.10. The zero-order chi connectivity index (χ0) is 11.5. The van der Waals surface area contributed by atoms with Gasteiger partial charge in [0, 0.05) is 14.9 Å². The Hall–Kier alpha value is -0.320. The number of rotatable bonds is 3. The van der Waals surface area contributed by atoms with E-state index in [2.05, 4.69) is 46.5 Å². The summed E-state index contributed by atoms with van der Waals surface area (Å²) in [5.74, 6) is 0.873. The molecule has 4 heteroatoms. The Morgan fingerprint density at radius 2 is 2.12 bits per heavy atom. The van der Waals surface area contributed by atoms with Crippen LogP contribution in [-0.2, 0) is 6.42 Å². The van der Waals surface area contributed by atoms with Gasteiger partial charge in [-0.1, -0.05) is 34.1 Å². The lowest BCUT2D eigenvalue weighted by Crippen LogP contribution is -1.84. The first-order valence-electron chi connectivity index (χ1n) is 5.04. The number of hydrogen-bond donors (Lipinski definition) is 1. The van der Waals surface area contributed by atoms with Gasteiger partial charge in [0.25, 0.3) is 0 Å².